The quantitative estimate of drug-likeness (QED) is 0.786. The third-order valence-electron chi connectivity index (χ3n) is 2.63. The molecule has 0 spiro atoms. The Bertz CT molecular complexity index is 456. The smallest absolute Gasteiger partial charge is 0.283 e. The Hall–Kier alpha value is -1.10. The maximum absolute atomic E-state index is 12.0. The van der Waals surface area contributed by atoms with Gasteiger partial charge >= 0.3 is 0 Å². The van der Waals surface area contributed by atoms with Gasteiger partial charge in [0.05, 0.1) is 11.9 Å². The van der Waals surface area contributed by atoms with E-state index in [2.05, 4.69) is 39.8 Å². The van der Waals surface area contributed by atoms with E-state index >= 15 is 0 Å². The second-order valence-electron chi connectivity index (χ2n) is 4.32. The van der Waals surface area contributed by atoms with Crippen molar-refractivity contribution in [3.63, 3.8) is 0 Å². The molecule has 1 atom stereocenters. The lowest BCUT2D eigenvalue weighted by Gasteiger charge is -2.15. The van der Waals surface area contributed by atoms with Crippen LogP contribution in [0.1, 0.15) is 33.1 Å². The Kier molecular flexibility index (Phi) is 6.12. The summed E-state index contributed by atoms with van der Waals surface area (Å²) in [6.45, 7) is 8.49. The molecular formula is C13H20BrN3O. The Morgan fingerprint density at radius 1 is 1.67 bits per heavy atom. The van der Waals surface area contributed by atoms with Crippen molar-refractivity contribution in [2.75, 3.05) is 5.32 Å². The molecule has 0 aliphatic heterocycles. The minimum Gasteiger partial charge on any atom is -0.380 e. The van der Waals surface area contributed by atoms with E-state index in [-0.39, 0.29) is 11.6 Å². The molecule has 0 fully saturated rings. The number of nitrogens with one attached hydrogen (secondary N) is 1. The molecule has 100 valence electrons. The maximum Gasteiger partial charge on any atom is 0.283 e. The van der Waals surface area contributed by atoms with Crippen LogP contribution in [0.25, 0.3) is 0 Å². The highest BCUT2D eigenvalue weighted by Crippen LogP contribution is 2.17. The van der Waals surface area contributed by atoms with Crippen molar-refractivity contribution < 1.29 is 0 Å². The van der Waals surface area contributed by atoms with E-state index in [0.29, 0.717) is 11.0 Å². The van der Waals surface area contributed by atoms with Gasteiger partial charge in [-0.15, -0.1) is 6.58 Å². The average molecular weight is 314 g/mol. The fourth-order valence-corrected chi connectivity index (χ4v) is 2.03. The van der Waals surface area contributed by atoms with Gasteiger partial charge in [0, 0.05) is 12.6 Å². The van der Waals surface area contributed by atoms with Gasteiger partial charge in [0.2, 0.25) is 0 Å². The van der Waals surface area contributed by atoms with Crippen LogP contribution in [0.4, 0.5) is 5.69 Å². The fourth-order valence-electron chi connectivity index (χ4n) is 1.61. The summed E-state index contributed by atoms with van der Waals surface area (Å²) in [6.07, 6.45) is 6.38. The van der Waals surface area contributed by atoms with E-state index in [0.717, 1.165) is 24.9 Å². The second kappa shape index (κ2) is 7.36. The Balaban J connectivity index is 2.86. The van der Waals surface area contributed by atoms with E-state index in [1.54, 1.807) is 6.20 Å². The second-order valence-corrected chi connectivity index (χ2v) is 5.12. The van der Waals surface area contributed by atoms with Gasteiger partial charge in [0.25, 0.3) is 5.56 Å². The number of hydrogen-bond donors (Lipinski definition) is 1. The standard InChI is InChI=1S/C13H20BrN3O/c1-4-6-8-17-13(18)12(14)11(9-15-17)16-10(3)7-5-2/h5,9-10,16H,2,4,6-8H2,1,3H3. The summed E-state index contributed by atoms with van der Waals surface area (Å²) in [7, 11) is 0. The predicted octanol–water partition coefficient (Wildman–Crippen LogP) is 3.18. The number of unbranched alkanes of at least 4 members (excludes halogenated alkanes) is 1. The monoisotopic (exact) mass is 313 g/mol. The number of aromatic nitrogens is 2. The van der Waals surface area contributed by atoms with Gasteiger partial charge in [-0.05, 0) is 35.7 Å². The van der Waals surface area contributed by atoms with E-state index in [4.69, 9.17) is 0 Å². The van der Waals surface area contributed by atoms with Gasteiger partial charge in [-0.2, -0.15) is 5.10 Å². The Morgan fingerprint density at radius 3 is 3.00 bits per heavy atom. The van der Waals surface area contributed by atoms with E-state index in [9.17, 15) is 4.79 Å². The lowest BCUT2D eigenvalue weighted by atomic mass is 10.2. The zero-order valence-electron chi connectivity index (χ0n) is 10.9. The Labute approximate surface area is 116 Å². The number of hydrogen-bond acceptors (Lipinski definition) is 3. The molecule has 1 rings (SSSR count). The largest absolute Gasteiger partial charge is 0.380 e. The minimum absolute atomic E-state index is 0.0840. The molecule has 1 heterocycles. The molecular weight excluding hydrogens is 294 g/mol. The van der Waals surface area contributed by atoms with Crippen LogP contribution >= 0.6 is 15.9 Å². The lowest BCUT2D eigenvalue weighted by molar-refractivity contribution is 0.541. The summed E-state index contributed by atoms with van der Waals surface area (Å²) in [5.74, 6) is 0. The van der Waals surface area contributed by atoms with Crippen molar-refractivity contribution in [1.29, 1.82) is 0 Å². The van der Waals surface area contributed by atoms with Crippen molar-refractivity contribution in [2.45, 2.75) is 45.7 Å². The average Bonchev–Trinajstić information content (AvgIpc) is 2.34. The van der Waals surface area contributed by atoms with Crippen molar-refractivity contribution in [2.24, 2.45) is 0 Å². The molecule has 0 bridgehead atoms. The topological polar surface area (TPSA) is 46.9 Å². The molecule has 0 aromatic carbocycles. The molecule has 0 amide bonds. The van der Waals surface area contributed by atoms with Crippen LogP contribution in [-0.2, 0) is 6.54 Å². The fraction of sp³-hybridized carbons (Fsp3) is 0.538. The SMILES string of the molecule is C=CCC(C)Nc1cnn(CCCC)c(=O)c1Br. The van der Waals surface area contributed by atoms with Crippen LogP contribution in [0.3, 0.4) is 0 Å². The normalized spacial score (nSPS) is 12.2. The number of halogens is 1. The highest BCUT2D eigenvalue weighted by atomic mass is 79.9. The van der Waals surface area contributed by atoms with Gasteiger partial charge in [0.1, 0.15) is 4.47 Å². The van der Waals surface area contributed by atoms with Crippen molar-refractivity contribution >= 4 is 21.6 Å². The molecule has 4 nitrogen and oxygen atoms in total. The summed E-state index contributed by atoms with van der Waals surface area (Å²) in [4.78, 5) is 12.0. The molecule has 0 radical (unpaired) electrons. The van der Waals surface area contributed by atoms with Gasteiger partial charge in [-0.25, -0.2) is 4.68 Å². The van der Waals surface area contributed by atoms with Crippen LogP contribution in [0, 0.1) is 0 Å². The first-order chi connectivity index (χ1) is 8.60. The van der Waals surface area contributed by atoms with Crippen molar-refractivity contribution in [3.8, 4) is 0 Å². The molecule has 0 aliphatic carbocycles. The minimum atomic E-state index is -0.0840. The van der Waals surface area contributed by atoms with Crippen LogP contribution < -0.4 is 10.9 Å². The molecule has 0 saturated carbocycles. The van der Waals surface area contributed by atoms with Crippen LogP contribution in [0.2, 0.25) is 0 Å². The molecule has 1 N–H and O–H groups in total. The Morgan fingerprint density at radius 2 is 2.39 bits per heavy atom. The first-order valence-corrected chi connectivity index (χ1v) is 7.02. The molecule has 18 heavy (non-hydrogen) atoms. The highest BCUT2D eigenvalue weighted by Gasteiger charge is 2.10. The third kappa shape index (κ3) is 3.98. The van der Waals surface area contributed by atoms with Crippen LogP contribution in [0.15, 0.2) is 28.1 Å². The molecule has 1 aromatic heterocycles. The van der Waals surface area contributed by atoms with Gasteiger partial charge in [-0.3, -0.25) is 4.79 Å². The van der Waals surface area contributed by atoms with Gasteiger partial charge in [-0.1, -0.05) is 19.4 Å². The van der Waals surface area contributed by atoms with Crippen LogP contribution in [-0.4, -0.2) is 15.8 Å². The number of aryl methyl sites for hydroxylation is 1. The summed E-state index contributed by atoms with van der Waals surface area (Å²) < 4.78 is 2.04. The molecule has 5 heteroatoms. The van der Waals surface area contributed by atoms with Crippen molar-refractivity contribution in [1.82, 2.24) is 9.78 Å². The summed E-state index contributed by atoms with van der Waals surface area (Å²) >= 11 is 3.34. The number of nitrogens with zero attached hydrogens (tertiary/aromatic N) is 2. The summed E-state index contributed by atoms with van der Waals surface area (Å²) in [5, 5.41) is 7.42. The summed E-state index contributed by atoms with van der Waals surface area (Å²) in [6, 6.07) is 0.228. The van der Waals surface area contributed by atoms with E-state index in [1.165, 1.54) is 4.68 Å². The van der Waals surface area contributed by atoms with Gasteiger partial charge < -0.3 is 5.32 Å². The molecule has 0 aliphatic rings. The number of anilines is 1. The zero-order chi connectivity index (χ0) is 13.5. The van der Waals surface area contributed by atoms with E-state index < -0.39 is 0 Å². The zero-order valence-corrected chi connectivity index (χ0v) is 12.5. The summed E-state index contributed by atoms with van der Waals surface area (Å²) in [5.41, 5.74) is 0.654. The molecule has 1 unspecified atom stereocenters. The van der Waals surface area contributed by atoms with Crippen molar-refractivity contribution in [3.05, 3.63) is 33.7 Å². The lowest BCUT2D eigenvalue weighted by Crippen LogP contribution is -2.26. The highest BCUT2D eigenvalue weighted by molar-refractivity contribution is 9.10. The maximum atomic E-state index is 12.0. The molecule has 0 saturated heterocycles. The molecule has 1 aromatic rings. The predicted molar refractivity (Wildman–Crippen MR) is 79.0 cm³/mol. The first-order valence-electron chi connectivity index (χ1n) is 6.23. The van der Waals surface area contributed by atoms with Crippen LogP contribution in [0.5, 0.6) is 0 Å². The first kappa shape index (κ1) is 15.0. The number of rotatable bonds is 7. The van der Waals surface area contributed by atoms with E-state index in [1.807, 2.05) is 13.0 Å². The third-order valence-corrected chi connectivity index (χ3v) is 3.40. The van der Waals surface area contributed by atoms with Gasteiger partial charge in [0.15, 0.2) is 0 Å².